The first-order valence-electron chi connectivity index (χ1n) is 4.24. The molecule has 0 heterocycles. The Morgan fingerprint density at radius 2 is 2.13 bits per heavy atom. The highest BCUT2D eigenvalue weighted by Gasteiger charge is 2.28. The van der Waals surface area contributed by atoms with Crippen LogP contribution in [-0.4, -0.2) is 22.4 Å². The molecule has 0 aliphatic heterocycles. The van der Waals surface area contributed by atoms with Crippen molar-refractivity contribution in [2.75, 3.05) is 0 Å². The van der Waals surface area contributed by atoms with Gasteiger partial charge in [-0.1, -0.05) is 17.7 Å². The van der Waals surface area contributed by atoms with Gasteiger partial charge in [-0.05, 0) is 30.2 Å². The summed E-state index contributed by atoms with van der Waals surface area (Å²) in [7, 11) is 0. The van der Waals surface area contributed by atoms with Gasteiger partial charge in [-0.3, -0.25) is 0 Å². The zero-order valence-electron chi connectivity index (χ0n) is 7.95. The van der Waals surface area contributed by atoms with E-state index in [4.69, 9.17) is 16.7 Å². The minimum atomic E-state index is -2.33. The quantitative estimate of drug-likeness (QED) is 0.839. The summed E-state index contributed by atoms with van der Waals surface area (Å²) in [4.78, 5) is 10.3. The minimum absolute atomic E-state index is 0.231. The first-order chi connectivity index (χ1) is 6.93. The number of carboxylic acid groups (broad SMARTS) is 1. The third-order valence-electron chi connectivity index (χ3n) is 2.06. The number of rotatable bonds is 3. The van der Waals surface area contributed by atoms with Gasteiger partial charge in [0.1, 0.15) is 6.10 Å². The summed E-state index contributed by atoms with van der Waals surface area (Å²) in [5.41, 5.74) is 0.785. The highest BCUT2D eigenvalue weighted by atomic mass is 35.5. The molecule has 82 valence electrons. The van der Waals surface area contributed by atoms with E-state index in [1.807, 2.05) is 0 Å². The third-order valence-corrected chi connectivity index (χ3v) is 2.30. The number of benzene rings is 1. The molecule has 0 aliphatic rings. The number of aliphatic carboxylic acids is 1. The molecule has 0 fully saturated rings. The molecule has 1 aromatic carbocycles. The maximum atomic E-state index is 13.0. The average Bonchev–Trinajstić information content (AvgIpc) is 2.15. The van der Waals surface area contributed by atoms with Gasteiger partial charge in [-0.25, -0.2) is 9.18 Å². The number of hydrogen-bond donors (Lipinski definition) is 2. The third kappa shape index (κ3) is 2.67. The Hall–Kier alpha value is -1.13. The summed E-state index contributed by atoms with van der Waals surface area (Å²) < 4.78 is 13.0. The highest BCUT2D eigenvalue weighted by Crippen LogP contribution is 2.25. The lowest BCUT2D eigenvalue weighted by Gasteiger charge is -2.14. The largest absolute Gasteiger partial charge is 0.479 e. The molecule has 1 rings (SSSR count). The van der Waals surface area contributed by atoms with Gasteiger partial charge >= 0.3 is 5.97 Å². The van der Waals surface area contributed by atoms with Crippen LogP contribution in [0.1, 0.15) is 17.2 Å². The lowest BCUT2D eigenvalue weighted by molar-refractivity contribution is -0.147. The molecule has 0 radical (unpaired) electrons. The Morgan fingerprint density at radius 3 is 2.60 bits per heavy atom. The van der Waals surface area contributed by atoms with E-state index in [1.54, 1.807) is 6.92 Å². The van der Waals surface area contributed by atoms with Crippen LogP contribution in [0.25, 0.3) is 0 Å². The molecule has 2 unspecified atom stereocenters. The Morgan fingerprint density at radius 1 is 1.53 bits per heavy atom. The normalized spacial score (nSPS) is 14.7. The first kappa shape index (κ1) is 11.9. The van der Waals surface area contributed by atoms with E-state index in [2.05, 4.69) is 0 Å². The lowest BCUT2D eigenvalue weighted by atomic mass is 10.0. The monoisotopic (exact) mass is 232 g/mol. The van der Waals surface area contributed by atoms with Gasteiger partial charge in [0.25, 0.3) is 0 Å². The van der Waals surface area contributed by atoms with Crippen LogP contribution in [0.2, 0.25) is 5.02 Å². The van der Waals surface area contributed by atoms with Crippen LogP contribution >= 0.6 is 11.6 Å². The second-order valence-corrected chi connectivity index (χ2v) is 3.62. The maximum absolute atomic E-state index is 13.0. The Kier molecular flexibility index (Phi) is 3.66. The van der Waals surface area contributed by atoms with Crippen LogP contribution in [0.5, 0.6) is 0 Å². The van der Waals surface area contributed by atoms with Crippen LogP contribution in [0.15, 0.2) is 18.2 Å². The van der Waals surface area contributed by atoms with Crippen molar-refractivity contribution >= 4 is 17.6 Å². The van der Waals surface area contributed by atoms with E-state index in [9.17, 15) is 14.3 Å². The molecular formula is C10H10ClFO3. The number of aliphatic hydroxyl groups is 1. The second kappa shape index (κ2) is 4.59. The van der Waals surface area contributed by atoms with Crippen molar-refractivity contribution < 1.29 is 19.4 Å². The number of aryl methyl sites for hydroxylation is 1. The molecule has 15 heavy (non-hydrogen) atoms. The molecule has 0 aromatic heterocycles. The van der Waals surface area contributed by atoms with Crippen molar-refractivity contribution in [3.8, 4) is 0 Å². The van der Waals surface area contributed by atoms with Gasteiger partial charge in [-0.15, -0.1) is 0 Å². The van der Waals surface area contributed by atoms with Crippen molar-refractivity contribution in [1.29, 1.82) is 0 Å². The standard InChI is InChI=1S/C10H10ClFO3/c1-5-4-6(11)2-3-7(5)9(13)8(12)10(14)15/h2-4,8-9,13H,1H3,(H,14,15). The number of aliphatic hydroxyl groups excluding tert-OH is 1. The van der Waals surface area contributed by atoms with Crippen molar-refractivity contribution in [3.05, 3.63) is 34.3 Å². The molecule has 0 saturated carbocycles. The molecular weight excluding hydrogens is 223 g/mol. The number of alkyl halides is 1. The number of carbonyl (C=O) groups is 1. The van der Waals surface area contributed by atoms with Gasteiger partial charge < -0.3 is 10.2 Å². The number of hydrogen-bond acceptors (Lipinski definition) is 2. The SMILES string of the molecule is Cc1cc(Cl)ccc1C(O)C(F)C(=O)O. The fraction of sp³-hybridized carbons (Fsp3) is 0.300. The van der Waals surface area contributed by atoms with Gasteiger partial charge in [0.05, 0.1) is 0 Å². The van der Waals surface area contributed by atoms with Crippen molar-refractivity contribution in [3.63, 3.8) is 0 Å². The lowest BCUT2D eigenvalue weighted by Crippen LogP contribution is -2.23. The zero-order valence-corrected chi connectivity index (χ0v) is 8.70. The van der Waals surface area contributed by atoms with Crippen molar-refractivity contribution in [2.45, 2.75) is 19.2 Å². The van der Waals surface area contributed by atoms with Crippen molar-refractivity contribution in [2.24, 2.45) is 0 Å². The molecule has 1 aromatic rings. The predicted molar refractivity (Wildman–Crippen MR) is 53.7 cm³/mol. The van der Waals surface area contributed by atoms with E-state index in [-0.39, 0.29) is 5.56 Å². The molecule has 0 bridgehead atoms. The van der Waals surface area contributed by atoms with Gasteiger partial charge in [0.2, 0.25) is 6.17 Å². The van der Waals surface area contributed by atoms with Crippen LogP contribution in [0.3, 0.4) is 0 Å². The van der Waals surface area contributed by atoms with Gasteiger partial charge in [0.15, 0.2) is 0 Å². The molecule has 0 aliphatic carbocycles. The van der Waals surface area contributed by atoms with E-state index in [1.165, 1.54) is 18.2 Å². The summed E-state index contributed by atoms with van der Waals surface area (Å²) in [5.74, 6) is -1.68. The average molecular weight is 233 g/mol. The van der Waals surface area contributed by atoms with E-state index >= 15 is 0 Å². The van der Waals surface area contributed by atoms with Gasteiger partial charge in [0, 0.05) is 5.02 Å². The van der Waals surface area contributed by atoms with Crippen molar-refractivity contribution in [1.82, 2.24) is 0 Å². The maximum Gasteiger partial charge on any atom is 0.341 e. The summed E-state index contributed by atoms with van der Waals surface area (Å²) >= 11 is 5.67. The molecule has 2 atom stereocenters. The number of halogens is 2. The van der Waals surface area contributed by atoms with E-state index in [0.29, 0.717) is 10.6 Å². The van der Waals surface area contributed by atoms with Gasteiger partial charge in [-0.2, -0.15) is 0 Å². The molecule has 0 amide bonds. The zero-order chi connectivity index (χ0) is 11.6. The summed E-state index contributed by atoms with van der Waals surface area (Å²) in [6, 6.07) is 4.42. The molecule has 0 spiro atoms. The fourth-order valence-corrected chi connectivity index (χ4v) is 1.49. The second-order valence-electron chi connectivity index (χ2n) is 3.19. The van der Waals surface area contributed by atoms with Crippen LogP contribution < -0.4 is 0 Å². The first-order valence-corrected chi connectivity index (χ1v) is 4.62. The molecule has 5 heteroatoms. The predicted octanol–water partition coefficient (Wildman–Crippen LogP) is 2.10. The fourth-order valence-electron chi connectivity index (χ4n) is 1.26. The van der Waals surface area contributed by atoms with Crippen LogP contribution in [0, 0.1) is 6.92 Å². The Balaban J connectivity index is 3.01. The summed E-state index contributed by atoms with van der Waals surface area (Å²) in [6.45, 7) is 1.62. The molecule has 0 saturated heterocycles. The Bertz CT molecular complexity index is 381. The van der Waals surface area contributed by atoms with Crippen LogP contribution in [0.4, 0.5) is 4.39 Å². The minimum Gasteiger partial charge on any atom is -0.479 e. The number of carboxylic acids is 1. The van der Waals surface area contributed by atoms with E-state index < -0.39 is 18.2 Å². The smallest absolute Gasteiger partial charge is 0.341 e. The Labute approximate surface area is 91.1 Å². The summed E-state index contributed by atoms with van der Waals surface area (Å²) in [6.07, 6.45) is -4.00. The van der Waals surface area contributed by atoms with Crippen LogP contribution in [-0.2, 0) is 4.79 Å². The topological polar surface area (TPSA) is 57.5 Å². The van der Waals surface area contributed by atoms with E-state index in [0.717, 1.165) is 0 Å². The molecule has 3 nitrogen and oxygen atoms in total. The summed E-state index contributed by atoms with van der Waals surface area (Å²) in [5, 5.41) is 18.3. The highest BCUT2D eigenvalue weighted by molar-refractivity contribution is 6.30. The molecule has 2 N–H and O–H groups in total.